The summed E-state index contributed by atoms with van der Waals surface area (Å²) in [6.45, 7) is 6.23. The number of carboxylic acid groups (broad SMARTS) is 1. The number of alkyl halides is 3. The first-order chi connectivity index (χ1) is 15.6. The van der Waals surface area contributed by atoms with Crippen molar-refractivity contribution >= 4 is 5.97 Å². The molecule has 1 aliphatic rings. The number of halogens is 3. The van der Waals surface area contributed by atoms with Crippen LogP contribution in [0.4, 0.5) is 13.2 Å². The van der Waals surface area contributed by atoms with Crippen molar-refractivity contribution in [3.8, 4) is 5.75 Å². The summed E-state index contributed by atoms with van der Waals surface area (Å²) in [4.78, 5) is 12.9. The van der Waals surface area contributed by atoms with Gasteiger partial charge in [-0.05, 0) is 79.1 Å². The van der Waals surface area contributed by atoms with Crippen molar-refractivity contribution in [3.63, 3.8) is 0 Å². The van der Waals surface area contributed by atoms with Gasteiger partial charge in [-0.25, -0.2) is 0 Å². The molecule has 0 aromatic heterocycles. The molecule has 33 heavy (non-hydrogen) atoms. The SMILES string of the molecule is CC(C)Cc1ccc(COc2ccc(C3CCN(CCC(=O)O)CC3)cc2)cc1C(F)(F)F. The van der Waals surface area contributed by atoms with Crippen molar-refractivity contribution in [1.82, 2.24) is 4.90 Å². The van der Waals surface area contributed by atoms with Gasteiger partial charge in [-0.2, -0.15) is 13.2 Å². The number of rotatable bonds is 9. The van der Waals surface area contributed by atoms with Gasteiger partial charge < -0.3 is 14.7 Å². The van der Waals surface area contributed by atoms with Gasteiger partial charge in [0.1, 0.15) is 12.4 Å². The number of aliphatic carboxylic acids is 1. The third-order valence-corrected chi connectivity index (χ3v) is 6.09. The van der Waals surface area contributed by atoms with Gasteiger partial charge >= 0.3 is 12.1 Å². The number of carboxylic acids is 1. The van der Waals surface area contributed by atoms with E-state index in [0.29, 0.717) is 35.8 Å². The first kappa shape index (κ1) is 25.1. The summed E-state index contributed by atoms with van der Waals surface area (Å²) < 4.78 is 46.3. The Morgan fingerprint density at radius 3 is 2.36 bits per heavy atom. The Balaban J connectivity index is 1.56. The van der Waals surface area contributed by atoms with Crippen LogP contribution in [0.2, 0.25) is 0 Å². The zero-order valence-electron chi connectivity index (χ0n) is 19.2. The Morgan fingerprint density at radius 2 is 1.79 bits per heavy atom. The second-order valence-corrected chi connectivity index (χ2v) is 9.20. The molecule has 2 aromatic carbocycles. The van der Waals surface area contributed by atoms with E-state index in [-0.39, 0.29) is 18.9 Å². The first-order valence-corrected chi connectivity index (χ1v) is 11.5. The van der Waals surface area contributed by atoms with Gasteiger partial charge in [0.2, 0.25) is 0 Å². The second-order valence-electron chi connectivity index (χ2n) is 9.20. The second kappa shape index (κ2) is 11.1. The summed E-state index contributed by atoms with van der Waals surface area (Å²) in [6.07, 6.45) is -1.88. The maximum atomic E-state index is 13.5. The molecule has 180 valence electrons. The van der Waals surface area contributed by atoms with E-state index in [9.17, 15) is 18.0 Å². The average molecular weight is 464 g/mol. The molecule has 0 amide bonds. The molecule has 1 heterocycles. The highest BCUT2D eigenvalue weighted by molar-refractivity contribution is 5.66. The largest absolute Gasteiger partial charge is 0.489 e. The van der Waals surface area contributed by atoms with Crippen LogP contribution in [0.3, 0.4) is 0 Å². The third-order valence-electron chi connectivity index (χ3n) is 6.09. The molecule has 0 unspecified atom stereocenters. The standard InChI is InChI=1S/C26H32F3NO3/c1-18(2)15-22-4-3-19(16-24(22)26(27,28)29)17-33-23-7-5-20(6-8-23)21-9-12-30(13-10-21)14-11-25(31)32/h3-8,16,18,21H,9-15,17H2,1-2H3,(H,31,32). The van der Waals surface area contributed by atoms with E-state index in [2.05, 4.69) is 4.90 Å². The first-order valence-electron chi connectivity index (χ1n) is 11.5. The normalized spacial score (nSPS) is 15.7. The Hall–Kier alpha value is -2.54. The third kappa shape index (κ3) is 7.49. The van der Waals surface area contributed by atoms with Gasteiger partial charge in [-0.3, -0.25) is 4.79 Å². The lowest BCUT2D eigenvalue weighted by atomic mass is 9.89. The van der Waals surface area contributed by atoms with Crippen molar-refractivity contribution < 1.29 is 27.8 Å². The molecule has 0 bridgehead atoms. The Labute approximate surface area is 193 Å². The topological polar surface area (TPSA) is 49.8 Å². The summed E-state index contributed by atoms with van der Waals surface area (Å²) in [7, 11) is 0. The lowest BCUT2D eigenvalue weighted by Crippen LogP contribution is -2.34. The number of hydrogen-bond donors (Lipinski definition) is 1. The number of benzene rings is 2. The number of carbonyl (C=O) groups is 1. The van der Waals surface area contributed by atoms with E-state index in [1.807, 2.05) is 38.1 Å². The minimum absolute atomic E-state index is 0.0757. The molecule has 1 aliphatic heterocycles. The van der Waals surface area contributed by atoms with Crippen LogP contribution < -0.4 is 4.74 Å². The molecule has 1 saturated heterocycles. The predicted octanol–water partition coefficient (Wildman–Crippen LogP) is 6.14. The molecule has 2 aromatic rings. The van der Waals surface area contributed by atoms with Crippen LogP contribution in [0.5, 0.6) is 5.75 Å². The van der Waals surface area contributed by atoms with Crippen LogP contribution >= 0.6 is 0 Å². The molecule has 0 atom stereocenters. The van der Waals surface area contributed by atoms with Gasteiger partial charge in [-0.15, -0.1) is 0 Å². The number of ether oxygens (including phenoxy) is 1. The van der Waals surface area contributed by atoms with Crippen molar-refractivity contribution in [3.05, 3.63) is 64.7 Å². The summed E-state index contributed by atoms with van der Waals surface area (Å²) >= 11 is 0. The fourth-order valence-electron chi connectivity index (χ4n) is 4.34. The fourth-order valence-corrected chi connectivity index (χ4v) is 4.34. The van der Waals surface area contributed by atoms with Gasteiger partial charge in [0.15, 0.2) is 0 Å². The molecular weight excluding hydrogens is 431 g/mol. The average Bonchev–Trinajstić information content (AvgIpc) is 2.76. The van der Waals surface area contributed by atoms with E-state index < -0.39 is 17.7 Å². The maximum absolute atomic E-state index is 13.5. The molecule has 0 saturated carbocycles. The predicted molar refractivity (Wildman–Crippen MR) is 121 cm³/mol. The molecular formula is C26H32F3NO3. The summed E-state index contributed by atoms with van der Waals surface area (Å²) in [5.74, 6) is 0.415. The Bertz CT molecular complexity index is 917. The van der Waals surface area contributed by atoms with Gasteiger partial charge in [0.05, 0.1) is 12.0 Å². The Morgan fingerprint density at radius 1 is 1.12 bits per heavy atom. The Kier molecular flexibility index (Phi) is 8.40. The van der Waals surface area contributed by atoms with Crippen LogP contribution in [-0.2, 0) is 24.0 Å². The van der Waals surface area contributed by atoms with E-state index in [0.717, 1.165) is 25.9 Å². The monoisotopic (exact) mass is 463 g/mol. The smallest absolute Gasteiger partial charge is 0.416 e. The van der Waals surface area contributed by atoms with E-state index >= 15 is 0 Å². The number of hydrogen-bond acceptors (Lipinski definition) is 3. The number of likely N-dealkylation sites (tertiary alicyclic amines) is 1. The van der Waals surface area contributed by atoms with Crippen LogP contribution in [0.15, 0.2) is 42.5 Å². The number of piperidine rings is 1. The van der Waals surface area contributed by atoms with E-state index in [4.69, 9.17) is 9.84 Å². The summed E-state index contributed by atoms with van der Waals surface area (Å²) in [5.41, 5.74) is 1.44. The molecule has 1 N–H and O–H groups in total. The lowest BCUT2D eigenvalue weighted by molar-refractivity contribution is -0.138. The van der Waals surface area contributed by atoms with Crippen molar-refractivity contribution in [2.45, 2.75) is 58.2 Å². The highest BCUT2D eigenvalue weighted by Gasteiger charge is 2.33. The van der Waals surface area contributed by atoms with Crippen molar-refractivity contribution in [1.29, 1.82) is 0 Å². The van der Waals surface area contributed by atoms with Gasteiger partial charge in [-0.1, -0.05) is 38.1 Å². The number of nitrogens with zero attached hydrogens (tertiary/aromatic N) is 1. The summed E-state index contributed by atoms with van der Waals surface area (Å²) in [6, 6.07) is 12.2. The molecule has 0 radical (unpaired) electrons. The van der Waals surface area contributed by atoms with Crippen molar-refractivity contribution in [2.75, 3.05) is 19.6 Å². The summed E-state index contributed by atoms with van der Waals surface area (Å²) in [5, 5.41) is 8.82. The van der Waals surface area contributed by atoms with Gasteiger partial charge in [0.25, 0.3) is 0 Å². The zero-order valence-corrected chi connectivity index (χ0v) is 19.2. The maximum Gasteiger partial charge on any atom is 0.416 e. The highest BCUT2D eigenvalue weighted by atomic mass is 19.4. The van der Waals surface area contributed by atoms with Crippen LogP contribution in [0.25, 0.3) is 0 Å². The fraction of sp³-hybridized carbons (Fsp3) is 0.500. The highest BCUT2D eigenvalue weighted by Crippen LogP contribution is 2.34. The van der Waals surface area contributed by atoms with Gasteiger partial charge in [0, 0.05) is 6.54 Å². The molecule has 7 heteroatoms. The molecule has 3 rings (SSSR count). The zero-order chi connectivity index (χ0) is 24.0. The van der Waals surface area contributed by atoms with E-state index in [1.54, 1.807) is 12.1 Å². The minimum atomic E-state index is -4.38. The lowest BCUT2D eigenvalue weighted by Gasteiger charge is -2.31. The minimum Gasteiger partial charge on any atom is -0.489 e. The molecule has 1 fully saturated rings. The van der Waals surface area contributed by atoms with Crippen LogP contribution in [0.1, 0.15) is 61.3 Å². The van der Waals surface area contributed by atoms with Crippen LogP contribution in [-0.4, -0.2) is 35.6 Å². The molecule has 4 nitrogen and oxygen atoms in total. The molecule has 0 spiro atoms. The molecule has 0 aliphatic carbocycles. The van der Waals surface area contributed by atoms with Crippen LogP contribution in [0, 0.1) is 5.92 Å². The van der Waals surface area contributed by atoms with Crippen molar-refractivity contribution in [2.24, 2.45) is 5.92 Å². The van der Waals surface area contributed by atoms with E-state index in [1.165, 1.54) is 11.6 Å². The quantitative estimate of drug-likeness (QED) is 0.486.